The van der Waals surface area contributed by atoms with E-state index in [1.807, 2.05) is 13.8 Å². The first kappa shape index (κ1) is 72.7. The molecule has 1 aromatic heterocycles. The molecule has 0 saturated carbocycles. The minimum atomic E-state index is -1.87. The number of carboxylic acid groups (broad SMARTS) is 2. The van der Waals surface area contributed by atoms with Crippen molar-refractivity contribution in [3.05, 3.63) is 11.9 Å². The Morgan fingerprint density at radius 3 is 1.67 bits per heavy atom. The van der Waals surface area contributed by atoms with E-state index in [1.165, 1.54) is 28.3 Å². The number of hydrogen-bond acceptors (Lipinski definition) is 29. The van der Waals surface area contributed by atoms with E-state index in [1.54, 1.807) is 6.20 Å². The molecule has 35 nitrogen and oxygen atoms in total. The molecule has 0 bridgehead atoms. The van der Waals surface area contributed by atoms with Crippen molar-refractivity contribution in [2.24, 2.45) is 23.3 Å². The normalized spacial score (nSPS) is 37.1. The number of rotatable bonds is 34. The summed E-state index contributed by atoms with van der Waals surface area (Å²) >= 11 is 0. The third kappa shape index (κ3) is 18.0. The second-order valence-corrected chi connectivity index (χ2v) is 23.2. The number of aliphatic hydroxyl groups is 8. The van der Waals surface area contributed by atoms with E-state index in [9.17, 15) is 79.8 Å². The number of fused-ring (bicyclic) bond motifs is 1. The highest BCUT2D eigenvalue weighted by molar-refractivity contribution is 6.06. The average molecular weight is 1300 g/mol. The van der Waals surface area contributed by atoms with Crippen molar-refractivity contribution in [3.63, 3.8) is 0 Å². The summed E-state index contributed by atoms with van der Waals surface area (Å²) in [5, 5.41) is 115. The van der Waals surface area contributed by atoms with Gasteiger partial charge in [-0.15, -0.1) is 5.10 Å². The van der Waals surface area contributed by atoms with Gasteiger partial charge in [-0.3, -0.25) is 24.1 Å². The number of nitrogens with one attached hydrogen (secondary N) is 1. The topological polar surface area (TPSA) is 508 Å². The fourth-order valence-corrected chi connectivity index (χ4v) is 11.6. The molecule has 6 aliphatic heterocycles. The molecule has 0 spiro atoms. The van der Waals surface area contributed by atoms with Crippen LogP contribution in [0.25, 0.3) is 0 Å². The van der Waals surface area contributed by atoms with Crippen LogP contribution in [0.2, 0.25) is 0 Å². The number of ether oxygens (including phenoxy) is 11. The lowest BCUT2D eigenvalue weighted by Gasteiger charge is -2.45. The van der Waals surface area contributed by atoms with Crippen molar-refractivity contribution in [3.8, 4) is 0 Å². The van der Waals surface area contributed by atoms with Crippen LogP contribution < -0.4 is 16.8 Å². The van der Waals surface area contributed by atoms with E-state index < -0.39 is 152 Å². The van der Waals surface area contributed by atoms with Crippen molar-refractivity contribution in [1.82, 2.24) is 30.1 Å². The second kappa shape index (κ2) is 33.9. The molecule has 7 rings (SSSR count). The molecule has 0 aromatic carbocycles. The number of nitrogens with two attached hydrogens (primary N) is 2. The summed E-state index contributed by atoms with van der Waals surface area (Å²) in [6.45, 7) is 7.27. The lowest BCUT2D eigenvalue weighted by molar-refractivity contribution is -0.337. The van der Waals surface area contributed by atoms with Gasteiger partial charge in [-0.1, -0.05) is 19.1 Å². The van der Waals surface area contributed by atoms with Crippen LogP contribution in [-0.2, 0) is 94.0 Å². The summed E-state index contributed by atoms with van der Waals surface area (Å²) in [6.07, 6.45) is -24.6. The van der Waals surface area contributed by atoms with Gasteiger partial charge in [0.1, 0.15) is 66.7 Å². The Morgan fingerprint density at radius 1 is 0.600 bits per heavy atom. The first-order valence-corrected chi connectivity index (χ1v) is 30.6. The predicted octanol–water partition coefficient (Wildman–Crippen LogP) is -6.26. The number of unbranched alkanes of at least 4 members (excludes halogenated alkanes) is 2. The summed E-state index contributed by atoms with van der Waals surface area (Å²) in [5.41, 5.74) is 12.3. The molecular formula is C55H90N8O27. The SMILES string of the molecule is CC[C@@H]1O[C@H](CC)[C@@H]2C(=O)N(CCCCCN(Cc3cn(CCOCCO[C@@H]4OC(C(=O)O)[C@@H](O[C@H]5OC(C)[C@@H](O)[C@H](O)C5N)[C@H](O)C4O)nn3)C(=O)CCC(=O)NCCOCCCO[C@@H]3OC(C(=O)O)[C@@H](O[C@H]4OC(C)[C@@H](O)[C@H](O)C4N)[C@H](O)C3O)C(=O)[C@@H]21. The minimum absolute atomic E-state index is 0.0174. The minimum Gasteiger partial charge on any atom is -0.479 e. The van der Waals surface area contributed by atoms with Crippen molar-refractivity contribution in [2.75, 3.05) is 59.3 Å². The number of aromatic nitrogens is 3. The number of hydrogen-bond donors (Lipinski definition) is 13. The molecule has 6 saturated heterocycles. The smallest absolute Gasteiger partial charge is 0.335 e. The zero-order valence-corrected chi connectivity index (χ0v) is 50.7. The Bertz CT molecular complexity index is 2460. The number of carboxylic acids is 2. The summed E-state index contributed by atoms with van der Waals surface area (Å²) < 4.78 is 62.8. The number of aliphatic hydroxyl groups excluding tert-OH is 8. The van der Waals surface area contributed by atoms with Crippen LogP contribution in [-0.4, -0.2) is 306 Å². The maximum Gasteiger partial charge on any atom is 0.335 e. The van der Waals surface area contributed by atoms with Gasteiger partial charge in [0.2, 0.25) is 23.6 Å². The van der Waals surface area contributed by atoms with Crippen molar-refractivity contribution in [2.45, 2.75) is 227 Å². The fraction of sp³-hybridized carbons (Fsp3) is 0.855. The molecule has 6 fully saturated rings. The third-order valence-electron chi connectivity index (χ3n) is 16.8. The van der Waals surface area contributed by atoms with E-state index in [4.69, 9.17) is 63.6 Å². The van der Waals surface area contributed by atoms with Gasteiger partial charge in [0.25, 0.3) is 0 Å². The molecule has 90 heavy (non-hydrogen) atoms. The van der Waals surface area contributed by atoms with Gasteiger partial charge >= 0.3 is 11.9 Å². The van der Waals surface area contributed by atoms with Crippen LogP contribution in [0.4, 0.5) is 0 Å². The molecule has 15 N–H and O–H groups in total. The second-order valence-electron chi connectivity index (χ2n) is 23.2. The molecule has 0 aliphatic carbocycles. The molecule has 24 atom stereocenters. The predicted molar refractivity (Wildman–Crippen MR) is 298 cm³/mol. The van der Waals surface area contributed by atoms with Crippen molar-refractivity contribution in [1.29, 1.82) is 0 Å². The van der Waals surface area contributed by atoms with Gasteiger partial charge < -0.3 is 125 Å². The number of amides is 4. The van der Waals surface area contributed by atoms with Crippen LogP contribution in [0.1, 0.15) is 84.8 Å². The molecule has 6 aliphatic rings. The molecule has 1 aromatic rings. The number of carbonyl (C=O) groups excluding carboxylic acids is 4. The highest BCUT2D eigenvalue weighted by Gasteiger charge is 2.59. The molecule has 8 unspecified atom stereocenters. The summed E-state index contributed by atoms with van der Waals surface area (Å²) in [6, 6.07) is -2.66. The van der Waals surface area contributed by atoms with Crippen LogP contribution in [0, 0.1) is 11.8 Å². The number of nitrogens with zero attached hydrogens (tertiary/aromatic N) is 5. The number of aliphatic carboxylic acids is 2. The summed E-state index contributed by atoms with van der Waals surface area (Å²) in [4.78, 5) is 80.8. The number of likely N-dealkylation sites (tertiary alicyclic amines) is 1. The van der Waals surface area contributed by atoms with Gasteiger partial charge in [0.05, 0.1) is 101 Å². The fourth-order valence-electron chi connectivity index (χ4n) is 11.6. The quantitative estimate of drug-likeness (QED) is 0.0225. The van der Waals surface area contributed by atoms with E-state index >= 15 is 0 Å². The monoisotopic (exact) mass is 1290 g/mol. The standard InChI is InChI=1S/C55H90N8O27/c1-5-28-32-33(29(6-2)86-28)49(75)63(48(32)74)15-9-7-8-14-61(23-27-24-62(60-59-27)16-20-81-21-22-83-55-43(73)41(71)45(47(90-55)51(78)79)88-53-35(57)39(69)37(67)26(4)85-53)31(65)12-11-30(64)58-13-19-80-17-10-18-82-54-42(72)40(70)44(46(89-54)50(76)77)87-52-34(56)38(68)36(66)25(3)84-52/h24-26,28-29,32-47,52-55,66-73H,5-23,56-57H2,1-4H3,(H,58,64)(H,76,77)(H,78,79)/t25?,26?,28-,29+,32+,33-,34?,35?,36-,37-,38-,39-,40-,41-,42?,43?,44+,45+,46?,47?,52-,53-,54-,55-/m1/s1. The maximum atomic E-state index is 13.8. The van der Waals surface area contributed by atoms with E-state index in [0.29, 0.717) is 37.8 Å². The Labute approximate surface area is 517 Å². The van der Waals surface area contributed by atoms with Crippen LogP contribution in [0.15, 0.2) is 6.20 Å². The number of carbonyl (C=O) groups is 6. The largest absolute Gasteiger partial charge is 0.479 e. The molecule has 35 heteroatoms. The van der Waals surface area contributed by atoms with Crippen LogP contribution >= 0.6 is 0 Å². The lowest BCUT2D eigenvalue weighted by Crippen LogP contribution is -2.66. The van der Waals surface area contributed by atoms with E-state index in [-0.39, 0.29) is 122 Å². The van der Waals surface area contributed by atoms with Gasteiger partial charge in [-0.25, -0.2) is 14.3 Å². The first-order valence-electron chi connectivity index (χ1n) is 30.6. The molecular weight excluding hydrogens is 1200 g/mol. The molecule has 512 valence electrons. The van der Waals surface area contributed by atoms with Gasteiger partial charge in [-0.2, -0.15) is 0 Å². The van der Waals surface area contributed by atoms with Crippen molar-refractivity contribution < 1.29 is 132 Å². The van der Waals surface area contributed by atoms with Crippen molar-refractivity contribution >= 4 is 35.6 Å². The first-order chi connectivity index (χ1) is 42.9. The van der Waals surface area contributed by atoms with Gasteiger partial charge in [0.15, 0.2) is 37.4 Å². The Kier molecular flexibility index (Phi) is 27.4. The van der Waals surface area contributed by atoms with E-state index in [2.05, 4.69) is 15.6 Å². The van der Waals surface area contributed by atoms with Gasteiger partial charge in [-0.05, 0) is 52.4 Å². The van der Waals surface area contributed by atoms with Crippen LogP contribution in [0.5, 0.6) is 0 Å². The highest BCUT2D eigenvalue weighted by Crippen LogP contribution is 2.43. The van der Waals surface area contributed by atoms with Gasteiger partial charge in [0, 0.05) is 39.1 Å². The molecule has 0 radical (unpaired) electrons. The lowest BCUT2D eigenvalue weighted by atomic mass is 9.88. The third-order valence-corrected chi connectivity index (χ3v) is 16.8. The summed E-state index contributed by atoms with van der Waals surface area (Å²) in [5.74, 6) is -5.36. The zero-order chi connectivity index (χ0) is 65.7. The average Bonchev–Trinajstić information content (AvgIpc) is 2.31. The maximum absolute atomic E-state index is 13.8. The van der Waals surface area contributed by atoms with E-state index in [0.717, 1.165) is 0 Å². The summed E-state index contributed by atoms with van der Waals surface area (Å²) in [7, 11) is 0. The Balaban J connectivity index is 0.825. The number of imide groups is 1. The molecule has 7 heterocycles. The zero-order valence-electron chi connectivity index (χ0n) is 50.7. The highest BCUT2D eigenvalue weighted by atomic mass is 16.8. The van der Waals surface area contributed by atoms with Crippen LogP contribution in [0.3, 0.4) is 0 Å². The Hall–Kier alpha value is -4.68. The Morgan fingerprint density at radius 2 is 1.13 bits per heavy atom. The molecule has 4 amide bonds.